The molecular formula is C21H15BrN2O. The van der Waals surface area contributed by atoms with E-state index in [2.05, 4.69) is 21.2 Å². The minimum absolute atomic E-state index is 0.121. The maximum Gasteiger partial charge on any atom is 0.257 e. The van der Waals surface area contributed by atoms with Gasteiger partial charge in [-0.1, -0.05) is 58.4 Å². The minimum atomic E-state index is -0.121. The molecule has 0 radical (unpaired) electrons. The monoisotopic (exact) mass is 390 g/mol. The number of aromatic nitrogens is 1. The van der Waals surface area contributed by atoms with E-state index in [0.29, 0.717) is 5.56 Å². The maximum absolute atomic E-state index is 12.8. The van der Waals surface area contributed by atoms with E-state index in [1.165, 1.54) is 0 Å². The van der Waals surface area contributed by atoms with Gasteiger partial charge in [0.1, 0.15) is 0 Å². The number of anilines is 1. The van der Waals surface area contributed by atoms with Crippen LogP contribution in [0.15, 0.2) is 89.5 Å². The van der Waals surface area contributed by atoms with Crippen molar-refractivity contribution in [2.24, 2.45) is 0 Å². The summed E-state index contributed by atoms with van der Waals surface area (Å²) in [6, 6.07) is 25.5. The first-order valence-electron chi connectivity index (χ1n) is 7.95. The van der Waals surface area contributed by atoms with Crippen molar-refractivity contribution in [1.82, 2.24) is 4.57 Å². The predicted molar refractivity (Wildman–Crippen MR) is 105 cm³/mol. The van der Waals surface area contributed by atoms with Gasteiger partial charge in [-0.3, -0.25) is 4.79 Å². The van der Waals surface area contributed by atoms with Gasteiger partial charge in [-0.25, -0.2) is 0 Å². The van der Waals surface area contributed by atoms with Gasteiger partial charge in [0.05, 0.1) is 11.1 Å². The van der Waals surface area contributed by atoms with E-state index in [-0.39, 0.29) is 5.91 Å². The first-order valence-corrected chi connectivity index (χ1v) is 8.74. The number of halogens is 1. The van der Waals surface area contributed by atoms with Crippen molar-refractivity contribution < 1.29 is 4.79 Å². The molecule has 4 heteroatoms. The highest BCUT2D eigenvalue weighted by atomic mass is 79.9. The number of carbonyl (C=O) groups is 1. The number of hydrogen-bond donors (Lipinski definition) is 1. The highest BCUT2D eigenvalue weighted by molar-refractivity contribution is 9.10. The number of benzene rings is 3. The fourth-order valence-electron chi connectivity index (χ4n) is 2.93. The van der Waals surface area contributed by atoms with E-state index in [1.54, 1.807) is 0 Å². The van der Waals surface area contributed by atoms with Crippen LogP contribution >= 0.6 is 15.9 Å². The molecular weight excluding hydrogens is 376 g/mol. The highest BCUT2D eigenvalue weighted by Gasteiger charge is 2.15. The summed E-state index contributed by atoms with van der Waals surface area (Å²) in [6.45, 7) is 0. The number of amides is 1. The van der Waals surface area contributed by atoms with Crippen LogP contribution in [0.2, 0.25) is 0 Å². The van der Waals surface area contributed by atoms with Crippen LogP contribution in [0.3, 0.4) is 0 Å². The lowest BCUT2D eigenvalue weighted by atomic mass is 10.1. The minimum Gasteiger partial charge on any atom is -0.322 e. The Hall–Kier alpha value is -2.85. The van der Waals surface area contributed by atoms with Gasteiger partial charge < -0.3 is 9.88 Å². The standard InChI is InChI=1S/C21H15BrN2O/c22-15-7-6-8-16(13-15)23-21(25)19-14-24(17-9-2-1-3-10-17)20-12-5-4-11-18(19)20/h1-14H,(H,23,25). The normalized spacial score (nSPS) is 10.8. The lowest BCUT2D eigenvalue weighted by molar-refractivity contribution is 0.102. The molecule has 4 rings (SSSR count). The maximum atomic E-state index is 12.8. The molecule has 1 N–H and O–H groups in total. The third kappa shape index (κ3) is 3.08. The fourth-order valence-corrected chi connectivity index (χ4v) is 3.33. The van der Waals surface area contributed by atoms with Crippen molar-refractivity contribution in [3.63, 3.8) is 0 Å². The zero-order valence-electron chi connectivity index (χ0n) is 13.3. The van der Waals surface area contributed by atoms with Crippen LogP contribution in [0.4, 0.5) is 5.69 Å². The molecule has 0 saturated carbocycles. The molecule has 1 aromatic heterocycles. The molecule has 0 spiro atoms. The molecule has 0 aliphatic carbocycles. The summed E-state index contributed by atoms with van der Waals surface area (Å²) < 4.78 is 2.97. The van der Waals surface area contributed by atoms with E-state index in [4.69, 9.17) is 0 Å². The van der Waals surface area contributed by atoms with Gasteiger partial charge in [-0.2, -0.15) is 0 Å². The molecule has 4 aromatic rings. The van der Waals surface area contributed by atoms with Crippen LogP contribution in [0.25, 0.3) is 16.6 Å². The van der Waals surface area contributed by atoms with Crippen molar-refractivity contribution in [3.05, 3.63) is 95.1 Å². The number of nitrogens with one attached hydrogen (secondary N) is 1. The van der Waals surface area contributed by atoms with Crippen LogP contribution in [-0.4, -0.2) is 10.5 Å². The molecule has 122 valence electrons. The number of fused-ring (bicyclic) bond motifs is 1. The van der Waals surface area contributed by atoms with Crippen molar-refractivity contribution in [3.8, 4) is 5.69 Å². The molecule has 0 aliphatic rings. The molecule has 1 heterocycles. The lowest BCUT2D eigenvalue weighted by Crippen LogP contribution is -2.11. The molecule has 0 unspecified atom stereocenters. The quantitative estimate of drug-likeness (QED) is 0.482. The molecule has 0 fully saturated rings. The SMILES string of the molecule is O=C(Nc1cccc(Br)c1)c1cn(-c2ccccc2)c2ccccc12. The van der Waals surface area contributed by atoms with Gasteiger partial charge in [0.2, 0.25) is 0 Å². The number of para-hydroxylation sites is 2. The summed E-state index contributed by atoms with van der Waals surface area (Å²) in [5.41, 5.74) is 3.45. The molecule has 0 saturated heterocycles. The Labute approximate surface area is 154 Å². The summed E-state index contributed by atoms with van der Waals surface area (Å²) >= 11 is 3.43. The molecule has 0 atom stereocenters. The van der Waals surface area contributed by atoms with Gasteiger partial charge in [0.15, 0.2) is 0 Å². The van der Waals surface area contributed by atoms with Crippen molar-refractivity contribution in [1.29, 1.82) is 0 Å². The van der Waals surface area contributed by atoms with Crippen LogP contribution in [0.1, 0.15) is 10.4 Å². The number of carbonyl (C=O) groups excluding carboxylic acids is 1. The molecule has 0 bridgehead atoms. The second-order valence-electron chi connectivity index (χ2n) is 5.73. The first kappa shape index (κ1) is 15.7. The van der Waals surface area contributed by atoms with Crippen LogP contribution in [-0.2, 0) is 0 Å². The lowest BCUT2D eigenvalue weighted by Gasteiger charge is -2.05. The summed E-state index contributed by atoms with van der Waals surface area (Å²) in [4.78, 5) is 12.8. The average molecular weight is 391 g/mol. The molecule has 0 aliphatic heterocycles. The van der Waals surface area contributed by atoms with E-state index in [1.807, 2.05) is 89.6 Å². The van der Waals surface area contributed by atoms with E-state index < -0.39 is 0 Å². The Morgan fingerprint density at radius 2 is 1.64 bits per heavy atom. The number of nitrogens with zero attached hydrogens (tertiary/aromatic N) is 1. The predicted octanol–water partition coefficient (Wildman–Crippen LogP) is 5.65. The Bertz CT molecular complexity index is 1050. The zero-order chi connectivity index (χ0) is 17.2. The Morgan fingerprint density at radius 1 is 0.880 bits per heavy atom. The van der Waals surface area contributed by atoms with E-state index >= 15 is 0 Å². The topological polar surface area (TPSA) is 34.0 Å². The van der Waals surface area contributed by atoms with Crippen LogP contribution < -0.4 is 5.32 Å². The second-order valence-corrected chi connectivity index (χ2v) is 6.65. The summed E-state index contributed by atoms with van der Waals surface area (Å²) in [5, 5.41) is 3.90. The molecule has 25 heavy (non-hydrogen) atoms. The summed E-state index contributed by atoms with van der Waals surface area (Å²) in [7, 11) is 0. The van der Waals surface area contributed by atoms with Crippen molar-refractivity contribution in [2.75, 3.05) is 5.32 Å². The molecule has 1 amide bonds. The third-order valence-electron chi connectivity index (χ3n) is 4.07. The summed E-state index contributed by atoms with van der Waals surface area (Å²) in [6.07, 6.45) is 1.90. The van der Waals surface area contributed by atoms with Crippen LogP contribution in [0.5, 0.6) is 0 Å². The average Bonchev–Trinajstić information content (AvgIpc) is 3.02. The summed E-state index contributed by atoms with van der Waals surface area (Å²) in [5.74, 6) is -0.121. The smallest absolute Gasteiger partial charge is 0.257 e. The Balaban J connectivity index is 1.78. The van der Waals surface area contributed by atoms with E-state index in [9.17, 15) is 4.79 Å². The fraction of sp³-hybridized carbons (Fsp3) is 0. The molecule has 3 aromatic carbocycles. The number of rotatable bonds is 3. The zero-order valence-corrected chi connectivity index (χ0v) is 14.9. The van der Waals surface area contributed by atoms with Crippen molar-refractivity contribution in [2.45, 2.75) is 0 Å². The van der Waals surface area contributed by atoms with Gasteiger partial charge in [-0.05, 0) is 36.4 Å². The third-order valence-corrected chi connectivity index (χ3v) is 4.57. The van der Waals surface area contributed by atoms with Crippen molar-refractivity contribution >= 4 is 38.4 Å². The number of hydrogen-bond acceptors (Lipinski definition) is 1. The van der Waals surface area contributed by atoms with Gasteiger partial charge in [0.25, 0.3) is 5.91 Å². The van der Waals surface area contributed by atoms with Gasteiger partial charge >= 0.3 is 0 Å². The first-order chi connectivity index (χ1) is 12.2. The Morgan fingerprint density at radius 3 is 2.44 bits per heavy atom. The van der Waals surface area contributed by atoms with Crippen LogP contribution in [0, 0.1) is 0 Å². The highest BCUT2D eigenvalue weighted by Crippen LogP contribution is 2.26. The molecule has 3 nitrogen and oxygen atoms in total. The Kier molecular flexibility index (Phi) is 4.12. The van der Waals surface area contributed by atoms with E-state index in [0.717, 1.165) is 26.8 Å². The largest absolute Gasteiger partial charge is 0.322 e. The second kappa shape index (κ2) is 6.57. The van der Waals surface area contributed by atoms with Gasteiger partial charge in [-0.15, -0.1) is 0 Å². The van der Waals surface area contributed by atoms with Gasteiger partial charge in [0, 0.05) is 27.4 Å².